The number of pyridine rings is 2. The third-order valence-electron chi connectivity index (χ3n) is 4.79. The molecule has 8 nitrogen and oxygen atoms in total. The number of carbonyl (C=O) groups is 1. The summed E-state index contributed by atoms with van der Waals surface area (Å²) in [6.07, 6.45) is 4.28. The number of rotatable bonds is 7. The highest BCUT2D eigenvalue weighted by molar-refractivity contribution is 7.90. The molecule has 1 aliphatic carbocycles. The van der Waals surface area contributed by atoms with Crippen molar-refractivity contribution in [1.82, 2.24) is 9.97 Å². The number of sulfone groups is 1. The molecule has 0 aliphatic heterocycles. The molecule has 9 heteroatoms. The van der Waals surface area contributed by atoms with E-state index in [0.717, 1.165) is 19.1 Å². The second-order valence-electron chi connectivity index (χ2n) is 7.29. The molecule has 0 spiro atoms. The maximum absolute atomic E-state index is 12.8. The first kappa shape index (κ1) is 20.5. The molecule has 4 rings (SSSR count). The van der Waals surface area contributed by atoms with Crippen LogP contribution in [0.25, 0.3) is 0 Å². The zero-order valence-electron chi connectivity index (χ0n) is 16.7. The quantitative estimate of drug-likeness (QED) is 0.539. The van der Waals surface area contributed by atoms with Gasteiger partial charge in [-0.1, -0.05) is 18.2 Å². The number of nitrogens with one attached hydrogen (secondary N) is 2. The van der Waals surface area contributed by atoms with Crippen molar-refractivity contribution < 1.29 is 13.2 Å². The van der Waals surface area contributed by atoms with Crippen molar-refractivity contribution in [3.05, 3.63) is 66.0 Å². The second kappa shape index (κ2) is 8.16. The zero-order valence-corrected chi connectivity index (χ0v) is 17.5. The smallest absolute Gasteiger partial charge is 0.177 e. The first-order chi connectivity index (χ1) is 14.8. The summed E-state index contributed by atoms with van der Waals surface area (Å²) in [5, 5.41) is 15.2. The molecule has 2 aromatic heterocycles. The number of anilines is 4. The van der Waals surface area contributed by atoms with E-state index in [0.29, 0.717) is 28.6 Å². The lowest BCUT2D eigenvalue weighted by Crippen LogP contribution is -2.09. The van der Waals surface area contributed by atoms with E-state index in [-0.39, 0.29) is 22.3 Å². The maximum Gasteiger partial charge on any atom is 0.177 e. The number of hydrogen-bond donors (Lipinski definition) is 2. The molecule has 0 saturated heterocycles. The Bertz CT molecular complexity index is 1310. The summed E-state index contributed by atoms with van der Waals surface area (Å²) in [6, 6.07) is 15.1. The predicted molar refractivity (Wildman–Crippen MR) is 116 cm³/mol. The van der Waals surface area contributed by atoms with Gasteiger partial charge in [0.2, 0.25) is 0 Å². The fraction of sp³-hybridized carbons (Fsp3) is 0.182. The van der Waals surface area contributed by atoms with Crippen LogP contribution in [0.2, 0.25) is 0 Å². The van der Waals surface area contributed by atoms with Gasteiger partial charge in [-0.25, -0.2) is 18.4 Å². The summed E-state index contributed by atoms with van der Waals surface area (Å²) in [5.74, 6) is 0.771. The number of carbonyl (C=O) groups excluding carboxylic acids is 1. The highest BCUT2D eigenvalue weighted by Gasteiger charge is 2.32. The van der Waals surface area contributed by atoms with Crippen molar-refractivity contribution in [3.63, 3.8) is 0 Å². The first-order valence-electron chi connectivity index (χ1n) is 9.60. The third kappa shape index (κ3) is 4.70. The Morgan fingerprint density at radius 1 is 1.06 bits per heavy atom. The van der Waals surface area contributed by atoms with Crippen LogP contribution >= 0.6 is 0 Å². The molecular formula is C22H19N5O3S. The van der Waals surface area contributed by atoms with Crippen LogP contribution < -0.4 is 10.6 Å². The van der Waals surface area contributed by atoms with Gasteiger partial charge >= 0.3 is 0 Å². The molecule has 1 saturated carbocycles. The molecule has 0 bridgehead atoms. The van der Waals surface area contributed by atoms with Crippen LogP contribution in [-0.4, -0.2) is 30.4 Å². The highest BCUT2D eigenvalue weighted by Crippen LogP contribution is 2.36. The van der Waals surface area contributed by atoms with Crippen LogP contribution in [-0.2, 0) is 9.84 Å². The summed E-state index contributed by atoms with van der Waals surface area (Å²) < 4.78 is 24.4. The third-order valence-corrected chi connectivity index (χ3v) is 5.95. The molecule has 0 atom stereocenters. The Labute approximate surface area is 179 Å². The van der Waals surface area contributed by atoms with Crippen LogP contribution in [0.15, 0.2) is 59.6 Å². The van der Waals surface area contributed by atoms with Crippen LogP contribution in [0.4, 0.5) is 23.0 Å². The topological polar surface area (TPSA) is 125 Å². The Kier molecular flexibility index (Phi) is 5.40. The second-order valence-corrected chi connectivity index (χ2v) is 9.28. The molecule has 0 radical (unpaired) electrons. The van der Waals surface area contributed by atoms with Crippen LogP contribution in [0.5, 0.6) is 0 Å². The molecule has 0 amide bonds. The average molecular weight is 433 g/mol. The molecular weight excluding hydrogens is 414 g/mol. The SMILES string of the molecule is CS(=O)(=O)c1ccccc1Nc1cc(Nc2cccc(C#N)n2)ncc1C(=O)C1CC1. The minimum absolute atomic E-state index is 0.0250. The Morgan fingerprint density at radius 3 is 2.55 bits per heavy atom. The minimum Gasteiger partial charge on any atom is -0.354 e. The van der Waals surface area contributed by atoms with E-state index in [4.69, 9.17) is 5.26 Å². The number of aromatic nitrogens is 2. The van der Waals surface area contributed by atoms with Gasteiger partial charge in [-0.05, 0) is 37.1 Å². The predicted octanol–water partition coefficient (Wildman–Crippen LogP) is 3.83. The normalized spacial score (nSPS) is 13.3. The summed E-state index contributed by atoms with van der Waals surface area (Å²) in [6.45, 7) is 0. The fourth-order valence-electron chi connectivity index (χ4n) is 3.13. The lowest BCUT2D eigenvalue weighted by Gasteiger charge is -2.15. The Balaban J connectivity index is 1.73. The monoisotopic (exact) mass is 433 g/mol. The highest BCUT2D eigenvalue weighted by atomic mass is 32.2. The number of nitriles is 1. The van der Waals surface area contributed by atoms with Gasteiger partial charge in [-0.3, -0.25) is 4.79 Å². The van der Waals surface area contributed by atoms with E-state index >= 15 is 0 Å². The number of nitrogens with zero attached hydrogens (tertiary/aromatic N) is 3. The average Bonchev–Trinajstić information content (AvgIpc) is 3.59. The van der Waals surface area contributed by atoms with E-state index in [1.807, 2.05) is 6.07 Å². The van der Waals surface area contributed by atoms with Gasteiger partial charge in [0, 0.05) is 24.4 Å². The maximum atomic E-state index is 12.8. The van der Waals surface area contributed by atoms with Gasteiger partial charge in [-0.15, -0.1) is 0 Å². The molecule has 2 N–H and O–H groups in total. The molecule has 2 heterocycles. The molecule has 1 aliphatic rings. The van der Waals surface area contributed by atoms with Crippen LogP contribution in [0.1, 0.15) is 28.9 Å². The molecule has 31 heavy (non-hydrogen) atoms. The van der Waals surface area contributed by atoms with Crippen LogP contribution in [0.3, 0.4) is 0 Å². The first-order valence-corrected chi connectivity index (χ1v) is 11.5. The Hall–Kier alpha value is -3.77. The van der Waals surface area contributed by atoms with Gasteiger partial charge < -0.3 is 10.6 Å². The van der Waals surface area contributed by atoms with Crippen molar-refractivity contribution in [2.24, 2.45) is 5.92 Å². The molecule has 156 valence electrons. The van der Waals surface area contributed by atoms with E-state index in [2.05, 4.69) is 20.6 Å². The van der Waals surface area contributed by atoms with Gasteiger partial charge in [0.1, 0.15) is 23.4 Å². The zero-order chi connectivity index (χ0) is 22.0. The number of Topliss-reactive ketones (excluding diaryl/α,β-unsaturated/α-hetero) is 1. The van der Waals surface area contributed by atoms with Gasteiger partial charge in [0.15, 0.2) is 15.6 Å². The number of ketones is 1. The number of para-hydroxylation sites is 1. The van der Waals surface area contributed by atoms with Crippen molar-refractivity contribution in [2.45, 2.75) is 17.7 Å². The molecule has 0 unspecified atom stereocenters. The van der Waals surface area contributed by atoms with Gasteiger partial charge in [0.25, 0.3) is 0 Å². The molecule has 1 fully saturated rings. The summed E-state index contributed by atoms with van der Waals surface area (Å²) in [7, 11) is -3.48. The number of benzene rings is 1. The van der Waals surface area contributed by atoms with Crippen molar-refractivity contribution in [2.75, 3.05) is 16.9 Å². The van der Waals surface area contributed by atoms with E-state index < -0.39 is 9.84 Å². The van der Waals surface area contributed by atoms with E-state index in [1.54, 1.807) is 42.5 Å². The van der Waals surface area contributed by atoms with Crippen molar-refractivity contribution in [1.29, 1.82) is 5.26 Å². The molecule has 1 aromatic carbocycles. The lowest BCUT2D eigenvalue weighted by atomic mass is 10.1. The summed E-state index contributed by atoms with van der Waals surface area (Å²) >= 11 is 0. The largest absolute Gasteiger partial charge is 0.354 e. The molecule has 3 aromatic rings. The van der Waals surface area contributed by atoms with Gasteiger partial charge in [-0.2, -0.15) is 5.26 Å². The fourth-order valence-corrected chi connectivity index (χ4v) is 3.97. The van der Waals surface area contributed by atoms with Crippen molar-refractivity contribution in [3.8, 4) is 6.07 Å². The minimum atomic E-state index is -3.48. The van der Waals surface area contributed by atoms with Crippen molar-refractivity contribution >= 4 is 38.6 Å². The Morgan fingerprint density at radius 2 is 1.84 bits per heavy atom. The van der Waals surface area contributed by atoms with Crippen LogP contribution in [0, 0.1) is 17.2 Å². The standard InChI is InChI=1S/C22H19N5O3S/c1-31(29,30)19-7-3-2-6-17(19)26-18-11-21(24-13-16(18)22(28)14-9-10-14)27-20-8-4-5-15(12-23)25-20/h2-8,11,13-14H,9-10H2,1H3,(H2,24,25,26,27). The summed E-state index contributed by atoms with van der Waals surface area (Å²) in [5.41, 5.74) is 1.47. The summed E-state index contributed by atoms with van der Waals surface area (Å²) in [4.78, 5) is 21.4. The van der Waals surface area contributed by atoms with E-state index in [1.165, 1.54) is 12.3 Å². The van der Waals surface area contributed by atoms with Gasteiger partial charge in [0.05, 0.1) is 21.8 Å². The number of hydrogen-bond acceptors (Lipinski definition) is 8. The lowest BCUT2D eigenvalue weighted by molar-refractivity contribution is 0.0968. The van der Waals surface area contributed by atoms with E-state index in [9.17, 15) is 13.2 Å².